The summed E-state index contributed by atoms with van der Waals surface area (Å²) in [5.74, 6) is 0.697. The van der Waals surface area contributed by atoms with Crippen LogP contribution in [-0.2, 0) is 6.54 Å². The first-order valence-corrected chi connectivity index (χ1v) is 6.62. The predicted octanol–water partition coefficient (Wildman–Crippen LogP) is 3.15. The third kappa shape index (κ3) is 6.06. The van der Waals surface area contributed by atoms with Gasteiger partial charge in [0, 0.05) is 18.1 Å². The maximum Gasteiger partial charge on any atom is 0.0409 e. The molecule has 1 aromatic carbocycles. The van der Waals surface area contributed by atoms with Crippen molar-refractivity contribution in [2.24, 2.45) is 11.7 Å². The van der Waals surface area contributed by atoms with Crippen LogP contribution >= 0.6 is 11.6 Å². The number of nitrogens with two attached hydrogens (primary N) is 1. The largest absolute Gasteiger partial charge is 0.330 e. The topological polar surface area (TPSA) is 29.3 Å². The monoisotopic (exact) mass is 254 g/mol. The van der Waals surface area contributed by atoms with Crippen LogP contribution < -0.4 is 5.73 Å². The Morgan fingerprint density at radius 3 is 2.82 bits per heavy atom. The summed E-state index contributed by atoms with van der Waals surface area (Å²) in [7, 11) is 2.15. The minimum atomic E-state index is 0.697. The molecule has 2 nitrogen and oxygen atoms in total. The van der Waals surface area contributed by atoms with Gasteiger partial charge in [-0.2, -0.15) is 0 Å². The zero-order chi connectivity index (χ0) is 12.7. The molecular weight excluding hydrogens is 232 g/mol. The number of rotatable bonds is 7. The van der Waals surface area contributed by atoms with Gasteiger partial charge in [0.2, 0.25) is 0 Å². The first kappa shape index (κ1) is 14.5. The van der Waals surface area contributed by atoms with Crippen LogP contribution in [0.25, 0.3) is 0 Å². The summed E-state index contributed by atoms with van der Waals surface area (Å²) in [6.07, 6.45) is 2.32. The summed E-state index contributed by atoms with van der Waals surface area (Å²) in [6, 6.07) is 8.06. The molecule has 0 fully saturated rings. The second-order valence-electron chi connectivity index (χ2n) is 4.86. The van der Waals surface area contributed by atoms with E-state index in [9.17, 15) is 0 Å². The molecule has 1 unspecified atom stereocenters. The van der Waals surface area contributed by atoms with Gasteiger partial charge in [-0.1, -0.05) is 30.7 Å². The molecule has 1 rings (SSSR count). The van der Waals surface area contributed by atoms with E-state index in [-0.39, 0.29) is 0 Å². The van der Waals surface area contributed by atoms with Gasteiger partial charge in [-0.3, -0.25) is 0 Å². The van der Waals surface area contributed by atoms with Crippen LogP contribution in [0.5, 0.6) is 0 Å². The molecule has 96 valence electrons. The van der Waals surface area contributed by atoms with Crippen molar-refractivity contribution in [3.05, 3.63) is 34.9 Å². The van der Waals surface area contributed by atoms with Gasteiger partial charge in [0.1, 0.15) is 0 Å². The SMILES string of the molecule is CC(CCCN)CN(C)Cc1cccc(Cl)c1. The van der Waals surface area contributed by atoms with Gasteiger partial charge >= 0.3 is 0 Å². The summed E-state index contributed by atoms with van der Waals surface area (Å²) in [5.41, 5.74) is 6.79. The number of hydrogen-bond donors (Lipinski definition) is 1. The van der Waals surface area contributed by atoms with Gasteiger partial charge < -0.3 is 10.6 Å². The summed E-state index contributed by atoms with van der Waals surface area (Å²) in [4.78, 5) is 2.34. The highest BCUT2D eigenvalue weighted by molar-refractivity contribution is 6.30. The van der Waals surface area contributed by atoms with Crippen LogP contribution in [0.3, 0.4) is 0 Å². The molecule has 3 heteroatoms. The molecule has 0 heterocycles. The van der Waals surface area contributed by atoms with E-state index >= 15 is 0 Å². The minimum absolute atomic E-state index is 0.697. The van der Waals surface area contributed by atoms with Crippen LogP contribution in [0.15, 0.2) is 24.3 Å². The smallest absolute Gasteiger partial charge is 0.0409 e. The van der Waals surface area contributed by atoms with Crippen molar-refractivity contribution < 1.29 is 0 Å². The summed E-state index contributed by atoms with van der Waals surface area (Å²) < 4.78 is 0. The molecule has 1 aromatic rings. The Morgan fingerprint density at radius 1 is 1.41 bits per heavy atom. The lowest BCUT2D eigenvalue weighted by Crippen LogP contribution is -2.24. The quantitative estimate of drug-likeness (QED) is 0.810. The molecule has 0 saturated carbocycles. The normalized spacial score (nSPS) is 13.0. The molecule has 0 radical (unpaired) electrons. The molecular formula is C14H23ClN2. The fourth-order valence-corrected chi connectivity index (χ4v) is 2.31. The summed E-state index contributed by atoms with van der Waals surface area (Å²) in [6.45, 7) is 5.13. The van der Waals surface area contributed by atoms with Gasteiger partial charge in [-0.15, -0.1) is 0 Å². The molecule has 0 spiro atoms. The van der Waals surface area contributed by atoms with Gasteiger partial charge in [0.25, 0.3) is 0 Å². The number of halogens is 1. The number of benzene rings is 1. The third-order valence-corrected chi connectivity index (χ3v) is 3.10. The third-order valence-electron chi connectivity index (χ3n) is 2.87. The average Bonchev–Trinajstić information content (AvgIpc) is 2.26. The van der Waals surface area contributed by atoms with Crippen LogP contribution in [0.4, 0.5) is 0 Å². The van der Waals surface area contributed by atoms with Crippen molar-refractivity contribution in [3.63, 3.8) is 0 Å². The van der Waals surface area contributed by atoms with Crippen molar-refractivity contribution in [1.82, 2.24) is 4.90 Å². The minimum Gasteiger partial charge on any atom is -0.330 e. The Morgan fingerprint density at radius 2 is 2.18 bits per heavy atom. The molecule has 0 amide bonds. The first-order chi connectivity index (χ1) is 8.11. The van der Waals surface area contributed by atoms with E-state index < -0.39 is 0 Å². The van der Waals surface area contributed by atoms with E-state index in [0.717, 1.165) is 31.1 Å². The molecule has 0 aromatic heterocycles. The van der Waals surface area contributed by atoms with Crippen LogP contribution in [0, 0.1) is 5.92 Å². The zero-order valence-electron chi connectivity index (χ0n) is 10.8. The Labute approximate surface area is 110 Å². The lowest BCUT2D eigenvalue weighted by atomic mass is 10.0. The Hall–Kier alpha value is -0.570. The molecule has 17 heavy (non-hydrogen) atoms. The molecule has 1 atom stereocenters. The molecule has 0 aliphatic carbocycles. The summed E-state index contributed by atoms with van der Waals surface area (Å²) >= 11 is 5.97. The van der Waals surface area contributed by atoms with Crippen LogP contribution in [0.2, 0.25) is 5.02 Å². The number of nitrogens with zero attached hydrogens (tertiary/aromatic N) is 1. The maximum absolute atomic E-state index is 5.97. The van der Waals surface area contributed by atoms with Crippen LogP contribution in [0.1, 0.15) is 25.3 Å². The van der Waals surface area contributed by atoms with E-state index in [1.807, 2.05) is 18.2 Å². The van der Waals surface area contributed by atoms with Crippen molar-refractivity contribution in [2.75, 3.05) is 20.1 Å². The van der Waals surface area contributed by atoms with E-state index in [2.05, 4.69) is 24.9 Å². The number of hydrogen-bond acceptors (Lipinski definition) is 2. The second-order valence-corrected chi connectivity index (χ2v) is 5.30. The van der Waals surface area contributed by atoms with Crippen LogP contribution in [-0.4, -0.2) is 25.0 Å². The highest BCUT2D eigenvalue weighted by atomic mass is 35.5. The maximum atomic E-state index is 5.97. The van der Waals surface area contributed by atoms with E-state index in [1.54, 1.807) is 0 Å². The van der Waals surface area contributed by atoms with Crippen molar-refractivity contribution >= 4 is 11.6 Å². The molecule has 0 bridgehead atoms. The molecule has 0 saturated heterocycles. The van der Waals surface area contributed by atoms with E-state index in [4.69, 9.17) is 17.3 Å². The van der Waals surface area contributed by atoms with Crippen molar-refractivity contribution in [2.45, 2.75) is 26.3 Å². The molecule has 0 aliphatic rings. The van der Waals surface area contributed by atoms with Gasteiger partial charge in [-0.25, -0.2) is 0 Å². The fourth-order valence-electron chi connectivity index (χ4n) is 2.10. The molecule has 2 N–H and O–H groups in total. The summed E-state index contributed by atoms with van der Waals surface area (Å²) in [5, 5.41) is 0.812. The van der Waals surface area contributed by atoms with Gasteiger partial charge in [0.05, 0.1) is 0 Å². The fraction of sp³-hybridized carbons (Fsp3) is 0.571. The average molecular weight is 255 g/mol. The van der Waals surface area contributed by atoms with E-state index in [1.165, 1.54) is 12.0 Å². The first-order valence-electron chi connectivity index (χ1n) is 6.25. The Kier molecular flexibility index (Phi) is 6.56. The lowest BCUT2D eigenvalue weighted by Gasteiger charge is -2.21. The van der Waals surface area contributed by atoms with Crippen molar-refractivity contribution in [1.29, 1.82) is 0 Å². The highest BCUT2D eigenvalue weighted by Gasteiger charge is 2.06. The van der Waals surface area contributed by atoms with Crippen molar-refractivity contribution in [3.8, 4) is 0 Å². The van der Waals surface area contributed by atoms with Gasteiger partial charge in [-0.05, 0) is 50.0 Å². The lowest BCUT2D eigenvalue weighted by molar-refractivity contribution is 0.269. The second kappa shape index (κ2) is 7.70. The molecule has 0 aliphatic heterocycles. The van der Waals surface area contributed by atoms with E-state index in [0.29, 0.717) is 5.92 Å². The Bertz CT molecular complexity index is 328. The predicted molar refractivity (Wildman–Crippen MR) is 75.2 cm³/mol. The van der Waals surface area contributed by atoms with Gasteiger partial charge in [0.15, 0.2) is 0 Å². The zero-order valence-corrected chi connectivity index (χ0v) is 11.6. The highest BCUT2D eigenvalue weighted by Crippen LogP contribution is 2.13. The Balaban J connectivity index is 2.36. The standard InChI is InChI=1S/C14H23ClN2/c1-12(5-4-8-16)10-17(2)11-13-6-3-7-14(15)9-13/h3,6-7,9,12H,4-5,8,10-11,16H2,1-2H3.